The molecule has 0 saturated heterocycles. The Morgan fingerprint density at radius 3 is 2.50 bits per heavy atom. The van der Waals surface area contributed by atoms with E-state index in [2.05, 4.69) is 15.0 Å². The summed E-state index contributed by atoms with van der Waals surface area (Å²) < 4.78 is 33.0. The molecule has 0 aliphatic carbocycles. The van der Waals surface area contributed by atoms with E-state index in [4.69, 9.17) is 16.0 Å². The second kappa shape index (κ2) is 7.69. The van der Waals surface area contributed by atoms with Crippen molar-refractivity contribution in [3.8, 4) is 0 Å². The first-order chi connectivity index (χ1) is 14.3. The SMILES string of the molecule is O=C(Nc1ccc(Cl)cc1)c1ccccc1NS(=O)(=O)c1ccc2[nH]c(=O)oc2c1. The topological polar surface area (TPSA) is 121 Å². The summed E-state index contributed by atoms with van der Waals surface area (Å²) in [5.74, 6) is -1.18. The Morgan fingerprint density at radius 1 is 1.00 bits per heavy atom. The van der Waals surface area contributed by atoms with Crippen LogP contribution in [0.5, 0.6) is 0 Å². The van der Waals surface area contributed by atoms with Crippen LogP contribution in [-0.2, 0) is 10.0 Å². The van der Waals surface area contributed by atoms with Crippen molar-refractivity contribution in [1.82, 2.24) is 4.98 Å². The minimum absolute atomic E-state index is 0.0968. The second-order valence-corrected chi connectivity index (χ2v) is 8.40. The van der Waals surface area contributed by atoms with E-state index in [1.54, 1.807) is 36.4 Å². The van der Waals surface area contributed by atoms with E-state index in [-0.39, 0.29) is 21.7 Å². The molecular weight excluding hydrogens is 430 g/mol. The minimum atomic E-state index is -4.05. The number of hydrogen-bond acceptors (Lipinski definition) is 5. The Balaban J connectivity index is 1.63. The van der Waals surface area contributed by atoms with Crippen LogP contribution in [0.25, 0.3) is 11.1 Å². The van der Waals surface area contributed by atoms with Gasteiger partial charge < -0.3 is 9.73 Å². The van der Waals surface area contributed by atoms with Crippen LogP contribution in [0.15, 0.2) is 80.8 Å². The molecule has 152 valence electrons. The number of aromatic amines is 1. The largest absolute Gasteiger partial charge is 0.417 e. The Kier molecular flexibility index (Phi) is 5.06. The highest BCUT2D eigenvalue weighted by molar-refractivity contribution is 7.92. The van der Waals surface area contributed by atoms with Crippen LogP contribution in [0.4, 0.5) is 11.4 Å². The van der Waals surface area contributed by atoms with Crippen molar-refractivity contribution in [1.29, 1.82) is 0 Å². The van der Waals surface area contributed by atoms with Crippen LogP contribution in [0.3, 0.4) is 0 Å². The minimum Gasteiger partial charge on any atom is -0.408 e. The predicted octanol–water partition coefficient (Wildman–Crippen LogP) is 3.83. The molecule has 0 radical (unpaired) electrons. The molecule has 0 bridgehead atoms. The maximum atomic E-state index is 12.8. The summed E-state index contributed by atoms with van der Waals surface area (Å²) in [5, 5.41) is 3.22. The molecule has 0 spiro atoms. The number of sulfonamides is 1. The average Bonchev–Trinajstić information content (AvgIpc) is 3.09. The van der Waals surface area contributed by atoms with Crippen LogP contribution in [0.2, 0.25) is 5.02 Å². The number of anilines is 2. The van der Waals surface area contributed by atoms with Crippen molar-refractivity contribution in [2.45, 2.75) is 4.90 Å². The Hall–Kier alpha value is -3.56. The lowest BCUT2D eigenvalue weighted by Crippen LogP contribution is -2.18. The zero-order valence-electron chi connectivity index (χ0n) is 15.2. The van der Waals surface area contributed by atoms with E-state index in [1.807, 2.05) is 0 Å². The first-order valence-electron chi connectivity index (χ1n) is 8.63. The molecule has 3 aromatic carbocycles. The standard InChI is InChI=1S/C20H14ClN3O5S/c21-12-5-7-13(8-6-12)22-19(25)15-3-1-2-4-16(15)24-30(27,28)14-9-10-17-18(11-14)29-20(26)23-17/h1-11,24H,(H,22,25)(H,23,26). The lowest BCUT2D eigenvalue weighted by Gasteiger charge is -2.13. The fraction of sp³-hybridized carbons (Fsp3) is 0. The van der Waals surface area contributed by atoms with Crippen molar-refractivity contribution < 1.29 is 17.6 Å². The number of rotatable bonds is 5. The summed E-state index contributed by atoms with van der Waals surface area (Å²) in [5.41, 5.74) is 1.22. The molecular formula is C20H14ClN3O5S. The third-order valence-electron chi connectivity index (χ3n) is 4.22. The first-order valence-corrected chi connectivity index (χ1v) is 10.5. The first kappa shape index (κ1) is 19.7. The zero-order valence-corrected chi connectivity index (χ0v) is 16.8. The van der Waals surface area contributed by atoms with Gasteiger partial charge in [0.25, 0.3) is 15.9 Å². The number of para-hydroxylation sites is 1. The number of carbonyl (C=O) groups is 1. The van der Waals surface area contributed by atoms with Gasteiger partial charge in [0.2, 0.25) is 0 Å². The molecule has 10 heteroatoms. The third kappa shape index (κ3) is 4.07. The fourth-order valence-electron chi connectivity index (χ4n) is 2.80. The maximum Gasteiger partial charge on any atom is 0.417 e. The highest BCUT2D eigenvalue weighted by Crippen LogP contribution is 2.23. The molecule has 1 aromatic heterocycles. The molecule has 30 heavy (non-hydrogen) atoms. The molecule has 8 nitrogen and oxygen atoms in total. The molecule has 4 rings (SSSR count). The molecule has 0 atom stereocenters. The monoisotopic (exact) mass is 443 g/mol. The number of fused-ring (bicyclic) bond motifs is 1. The molecule has 0 unspecified atom stereocenters. The number of carbonyl (C=O) groups excluding carboxylic acids is 1. The smallest absolute Gasteiger partial charge is 0.408 e. The summed E-state index contributed by atoms with van der Waals surface area (Å²) in [6, 6.07) is 16.7. The molecule has 4 aromatic rings. The van der Waals surface area contributed by atoms with E-state index >= 15 is 0 Å². The van der Waals surface area contributed by atoms with Gasteiger partial charge in [0.15, 0.2) is 5.58 Å². The van der Waals surface area contributed by atoms with Gasteiger partial charge in [0, 0.05) is 16.8 Å². The van der Waals surface area contributed by atoms with Crippen LogP contribution in [-0.4, -0.2) is 19.3 Å². The lowest BCUT2D eigenvalue weighted by molar-refractivity contribution is 0.102. The maximum absolute atomic E-state index is 12.8. The Morgan fingerprint density at radius 2 is 1.73 bits per heavy atom. The number of amides is 1. The number of H-pyrrole nitrogens is 1. The predicted molar refractivity (Wildman–Crippen MR) is 113 cm³/mol. The molecule has 0 fully saturated rings. The summed E-state index contributed by atoms with van der Waals surface area (Å²) >= 11 is 5.84. The van der Waals surface area contributed by atoms with Gasteiger partial charge in [-0.3, -0.25) is 14.5 Å². The van der Waals surface area contributed by atoms with Crippen LogP contribution >= 0.6 is 11.6 Å². The van der Waals surface area contributed by atoms with Gasteiger partial charge >= 0.3 is 5.76 Å². The highest BCUT2D eigenvalue weighted by atomic mass is 35.5. The zero-order chi connectivity index (χ0) is 21.3. The normalized spacial score (nSPS) is 11.4. The molecule has 0 aliphatic heterocycles. The van der Waals surface area contributed by atoms with Crippen LogP contribution in [0.1, 0.15) is 10.4 Å². The van der Waals surface area contributed by atoms with Gasteiger partial charge in [-0.2, -0.15) is 0 Å². The molecule has 1 heterocycles. The van der Waals surface area contributed by atoms with Crippen molar-refractivity contribution in [3.05, 3.63) is 87.9 Å². The van der Waals surface area contributed by atoms with Crippen LogP contribution in [0, 0.1) is 0 Å². The Labute approximate surface area is 175 Å². The summed E-state index contributed by atoms with van der Waals surface area (Å²) in [7, 11) is -4.05. The quantitative estimate of drug-likeness (QED) is 0.433. The average molecular weight is 444 g/mol. The highest BCUT2D eigenvalue weighted by Gasteiger charge is 2.20. The van der Waals surface area contributed by atoms with Gasteiger partial charge in [0.05, 0.1) is 21.7 Å². The fourth-order valence-corrected chi connectivity index (χ4v) is 4.02. The molecule has 0 aliphatic rings. The Bertz CT molecular complexity index is 1410. The number of aromatic nitrogens is 1. The summed E-state index contributed by atoms with van der Waals surface area (Å²) in [4.78, 5) is 26.3. The van der Waals surface area contributed by atoms with Crippen molar-refractivity contribution in [3.63, 3.8) is 0 Å². The van der Waals surface area contributed by atoms with Crippen molar-refractivity contribution in [2.75, 3.05) is 10.0 Å². The molecule has 1 amide bonds. The number of benzene rings is 3. The number of oxazole rings is 1. The van der Waals surface area contributed by atoms with Crippen LogP contribution < -0.4 is 15.8 Å². The van der Waals surface area contributed by atoms with E-state index < -0.39 is 21.7 Å². The number of hydrogen-bond donors (Lipinski definition) is 3. The van der Waals surface area contributed by atoms with E-state index in [1.165, 1.54) is 30.3 Å². The van der Waals surface area contributed by atoms with Crippen molar-refractivity contribution in [2.24, 2.45) is 0 Å². The van der Waals surface area contributed by atoms with E-state index in [0.717, 1.165) is 0 Å². The van der Waals surface area contributed by atoms with Gasteiger partial charge in [-0.1, -0.05) is 23.7 Å². The van der Waals surface area contributed by atoms with Gasteiger partial charge in [0.1, 0.15) is 0 Å². The van der Waals surface area contributed by atoms with Crippen molar-refractivity contribution >= 4 is 50.0 Å². The molecule has 0 saturated carbocycles. The molecule has 3 N–H and O–H groups in total. The summed E-state index contributed by atoms with van der Waals surface area (Å²) in [6.07, 6.45) is 0. The number of nitrogens with one attached hydrogen (secondary N) is 3. The van der Waals surface area contributed by atoms with E-state index in [0.29, 0.717) is 16.2 Å². The van der Waals surface area contributed by atoms with Gasteiger partial charge in [-0.05, 0) is 48.5 Å². The van der Waals surface area contributed by atoms with E-state index in [9.17, 15) is 18.0 Å². The number of halogens is 1. The summed E-state index contributed by atoms with van der Waals surface area (Å²) in [6.45, 7) is 0. The second-order valence-electron chi connectivity index (χ2n) is 6.28. The third-order valence-corrected chi connectivity index (χ3v) is 5.84. The van der Waals surface area contributed by atoms with Gasteiger partial charge in [-0.25, -0.2) is 13.2 Å². The lowest BCUT2D eigenvalue weighted by atomic mass is 10.1. The van der Waals surface area contributed by atoms with Gasteiger partial charge in [-0.15, -0.1) is 0 Å².